The molecule has 5 rings (SSSR count). The zero-order chi connectivity index (χ0) is 41.9. The molecule has 5 amide bonds. The van der Waals surface area contributed by atoms with Crippen molar-refractivity contribution in [2.45, 2.75) is 130 Å². The van der Waals surface area contributed by atoms with E-state index in [1.54, 1.807) is 19.9 Å². The van der Waals surface area contributed by atoms with Crippen LogP contribution in [0.4, 0.5) is 16.2 Å². The second kappa shape index (κ2) is 17.4. The first-order valence-corrected chi connectivity index (χ1v) is 20.4. The number of urea groups is 1. The minimum Gasteiger partial charge on any atom is -0.480 e. The number of ether oxygens (including phenoxy) is 2. The predicted octanol–water partition coefficient (Wildman–Crippen LogP) is 9.01. The zero-order valence-electron chi connectivity index (χ0n) is 34.7. The second-order valence-electron chi connectivity index (χ2n) is 16.6. The Morgan fingerprint density at radius 3 is 2.14 bits per heavy atom. The Hall–Kier alpha value is -4.74. The summed E-state index contributed by atoms with van der Waals surface area (Å²) >= 11 is 6.57. The standard InChI is InChI=1S/C45H57ClN4O7/c1-10-34(57-35-22-19-29(43(5,6)11-2)25-31(35)44(7,8)12-3)38(52)47-30-20-21-32(46)33(26-30)48-39(53)36(37(51)45(9)23-24-45)50-40(54)41(56-13-4)49(42(50)55)27-28-17-15-14-16-18-28/h14-22,25-26,34,36,41H,10-13,23-24,27H2,1-9H3,(H,47,52)(H,48,53). The number of halogens is 1. The number of anilines is 2. The molecule has 2 fully saturated rings. The third-order valence-corrected chi connectivity index (χ3v) is 12.1. The van der Waals surface area contributed by atoms with Gasteiger partial charge in [-0.3, -0.25) is 24.1 Å². The van der Waals surface area contributed by atoms with Crippen molar-refractivity contribution in [1.82, 2.24) is 9.80 Å². The number of ketones is 1. The molecule has 1 aliphatic heterocycles. The smallest absolute Gasteiger partial charge is 0.330 e. The van der Waals surface area contributed by atoms with Gasteiger partial charge in [-0.2, -0.15) is 0 Å². The molecule has 57 heavy (non-hydrogen) atoms. The lowest BCUT2D eigenvalue weighted by molar-refractivity contribution is -0.149. The SMILES string of the molecule is CCOC1C(=O)N(C(C(=O)Nc2cc(NC(=O)C(CC)Oc3ccc(C(C)(C)CC)cc3C(C)(C)CC)ccc2Cl)C(=O)C2(C)CC2)C(=O)N1Cc1ccccc1. The van der Waals surface area contributed by atoms with E-state index >= 15 is 0 Å². The molecule has 306 valence electrons. The number of nitrogens with one attached hydrogen (secondary N) is 2. The summed E-state index contributed by atoms with van der Waals surface area (Å²) in [6.45, 7) is 18.5. The summed E-state index contributed by atoms with van der Waals surface area (Å²) in [6, 6.07) is 17.3. The summed E-state index contributed by atoms with van der Waals surface area (Å²) in [7, 11) is 0. The highest BCUT2D eigenvalue weighted by molar-refractivity contribution is 6.34. The Balaban J connectivity index is 1.39. The van der Waals surface area contributed by atoms with Crippen molar-refractivity contribution < 1.29 is 33.4 Å². The lowest BCUT2D eigenvalue weighted by Gasteiger charge is -2.31. The van der Waals surface area contributed by atoms with Gasteiger partial charge >= 0.3 is 6.03 Å². The van der Waals surface area contributed by atoms with Gasteiger partial charge in [0.15, 0.2) is 17.9 Å². The molecule has 2 N–H and O–H groups in total. The number of rotatable bonds is 18. The fraction of sp³-hybridized carbons (Fsp3) is 0.489. The number of carbonyl (C=O) groups is 5. The maximum atomic E-state index is 14.2. The van der Waals surface area contributed by atoms with Crippen LogP contribution in [0.1, 0.15) is 111 Å². The topological polar surface area (TPSA) is 134 Å². The first-order chi connectivity index (χ1) is 26.9. The first kappa shape index (κ1) is 43.4. The van der Waals surface area contributed by atoms with E-state index in [0.29, 0.717) is 30.7 Å². The number of hydrogen-bond acceptors (Lipinski definition) is 7. The van der Waals surface area contributed by atoms with E-state index in [0.717, 1.165) is 28.9 Å². The molecule has 3 aromatic carbocycles. The van der Waals surface area contributed by atoms with Crippen LogP contribution >= 0.6 is 11.6 Å². The summed E-state index contributed by atoms with van der Waals surface area (Å²) < 4.78 is 12.2. The van der Waals surface area contributed by atoms with Gasteiger partial charge in [0.1, 0.15) is 5.75 Å². The molecule has 1 saturated heterocycles. The number of hydrogen-bond donors (Lipinski definition) is 2. The normalized spacial score (nSPS) is 17.6. The highest BCUT2D eigenvalue weighted by Crippen LogP contribution is 2.48. The summed E-state index contributed by atoms with van der Waals surface area (Å²) in [5, 5.41) is 5.70. The van der Waals surface area contributed by atoms with Crippen LogP contribution in [0, 0.1) is 5.41 Å². The maximum absolute atomic E-state index is 14.2. The number of imide groups is 1. The highest BCUT2D eigenvalue weighted by atomic mass is 35.5. The van der Waals surface area contributed by atoms with Crippen LogP contribution in [0.5, 0.6) is 5.75 Å². The van der Waals surface area contributed by atoms with Crippen LogP contribution < -0.4 is 15.4 Å². The molecule has 12 heteroatoms. The van der Waals surface area contributed by atoms with E-state index in [1.807, 2.05) is 43.3 Å². The van der Waals surface area contributed by atoms with Gasteiger partial charge in [-0.1, -0.05) is 109 Å². The molecular weight excluding hydrogens is 744 g/mol. The van der Waals surface area contributed by atoms with E-state index in [1.165, 1.54) is 22.6 Å². The van der Waals surface area contributed by atoms with Crippen LogP contribution in [0.15, 0.2) is 66.7 Å². The summed E-state index contributed by atoms with van der Waals surface area (Å²) in [5.41, 5.74) is 2.24. The number of carbonyl (C=O) groups excluding carboxylic acids is 5. The molecule has 0 bridgehead atoms. The molecule has 1 heterocycles. The van der Waals surface area contributed by atoms with E-state index in [-0.39, 0.29) is 34.7 Å². The Morgan fingerprint density at radius 1 is 0.877 bits per heavy atom. The minimum atomic E-state index is -1.79. The van der Waals surface area contributed by atoms with Gasteiger partial charge in [-0.25, -0.2) is 9.69 Å². The summed E-state index contributed by atoms with van der Waals surface area (Å²) in [4.78, 5) is 71.9. The number of amides is 5. The van der Waals surface area contributed by atoms with Gasteiger partial charge in [0.05, 0.1) is 17.3 Å². The van der Waals surface area contributed by atoms with Gasteiger partial charge < -0.3 is 20.1 Å². The van der Waals surface area contributed by atoms with Gasteiger partial charge in [0.25, 0.3) is 17.7 Å². The third kappa shape index (κ3) is 9.36. The molecule has 3 aromatic rings. The highest BCUT2D eigenvalue weighted by Gasteiger charge is 2.58. The molecule has 3 atom stereocenters. The molecule has 3 unspecified atom stereocenters. The van der Waals surface area contributed by atoms with Crippen molar-refractivity contribution >= 4 is 52.5 Å². The average Bonchev–Trinajstić information content (AvgIpc) is 3.91. The molecule has 2 aliphatic rings. The van der Waals surface area contributed by atoms with E-state index < -0.39 is 53.3 Å². The van der Waals surface area contributed by atoms with Gasteiger partial charge in [0, 0.05) is 23.3 Å². The Labute approximate surface area is 341 Å². The fourth-order valence-electron chi connectivity index (χ4n) is 6.77. The van der Waals surface area contributed by atoms with Crippen LogP contribution in [-0.2, 0) is 41.3 Å². The molecule has 0 spiro atoms. The van der Waals surface area contributed by atoms with Crippen LogP contribution in [0.3, 0.4) is 0 Å². The summed E-state index contributed by atoms with van der Waals surface area (Å²) in [6.07, 6.45) is 1.06. The zero-order valence-corrected chi connectivity index (χ0v) is 35.4. The number of nitrogens with zero attached hydrogens (tertiary/aromatic N) is 2. The van der Waals surface area contributed by atoms with E-state index in [9.17, 15) is 24.0 Å². The largest absolute Gasteiger partial charge is 0.480 e. The van der Waals surface area contributed by atoms with E-state index in [4.69, 9.17) is 21.1 Å². The van der Waals surface area contributed by atoms with Crippen molar-refractivity contribution in [2.75, 3.05) is 17.2 Å². The van der Waals surface area contributed by atoms with E-state index in [2.05, 4.69) is 64.3 Å². The van der Waals surface area contributed by atoms with Crippen molar-refractivity contribution in [1.29, 1.82) is 0 Å². The minimum absolute atomic E-state index is 0.0301. The van der Waals surface area contributed by atoms with Crippen LogP contribution in [0.2, 0.25) is 5.02 Å². The Bertz CT molecular complexity index is 1990. The van der Waals surface area contributed by atoms with Crippen molar-refractivity contribution in [3.05, 3.63) is 88.4 Å². The lowest BCUT2D eigenvalue weighted by atomic mass is 9.76. The molecule has 0 aromatic heterocycles. The predicted molar refractivity (Wildman–Crippen MR) is 222 cm³/mol. The number of Topliss-reactive ketones (excluding diaryl/α,β-unsaturated/α-hetero) is 1. The average molecular weight is 801 g/mol. The van der Waals surface area contributed by atoms with Crippen molar-refractivity contribution in [3.8, 4) is 5.75 Å². The quantitative estimate of drug-likeness (QED) is 0.0969. The molecule has 1 saturated carbocycles. The summed E-state index contributed by atoms with van der Waals surface area (Å²) in [5.74, 6) is -2.03. The van der Waals surface area contributed by atoms with Crippen LogP contribution in [-0.4, -0.2) is 64.3 Å². The lowest BCUT2D eigenvalue weighted by Crippen LogP contribution is -2.54. The molecular formula is C45H57ClN4O7. The Morgan fingerprint density at radius 2 is 1.54 bits per heavy atom. The monoisotopic (exact) mass is 800 g/mol. The van der Waals surface area contributed by atoms with Gasteiger partial charge in [-0.15, -0.1) is 0 Å². The van der Waals surface area contributed by atoms with Crippen molar-refractivity contribution in [3.63, 3.8) is 0 Å². The molecule has 11 nitrogen and oxygen atoms in total. The van der Waals surface area contributed by atoms with Gasteiger partial charge in [0.2, 0.25) is 6.23 Å². The molecule has 1 aliphatic carbocycles. The Kier molecular flexibility index (Phi) is 13.2. The molecule has 0 radical (unpaired) electrons. The van der Waals surface area contributed by atoms with Gasteiger partial charge in [-0.05, 0) is 85.3 Å². The third-order valence-electron chi connectivity index (χ3n) is 11.7. The first-order valence-electron chi connectivity index (χ1n) is 20.0. The van der Waals surface area contributed by atoms with Crippen LogP contribution in [0.25, 0.3) is 0 Å². The number of benzene rings is 3. The maximum Gasteiger partial charge on any atom is 0.330 e. The fourth-order valence-corrected chi connectivity index (χ4v) is 6.93. The second-order valence-corrected chi connectivity index (χ2v) is 17.0. The van der Waals surface area contributed by atoms with Crippen molar-refractivity contribution in [2.24, 2.45) is 5.41 Å².